The van der Waals surface area contributed by atoms with Crippen LogP contribution in [0.4, 0.5) is 0 Å². The van der Waals surface area contributed by atoms with Gasteiger partial charge in [0.2, 0.25) is 0 Å². The summed E-state index contributed by atoms with van der Waals surface area (Å²) in [4.78, 5) is 22.6. The molecule has 7 nitrogen and oxygen atoms in total. The Hall–Kier alpha value is -0.430. The van der Waals surface area contributed by atoms with Crippen LogP contribution in [0.3, 0.4) is 0 Å². The molecule has 0 aliphatic rings. The highest BCUT2D eigenvalue weighted by molar-refractivity contribution is 9.09. The van der Waals surface area contributed by atoms with Gasteiger partial charge < -0.3 is 9.47 Å². The summed E-state index contributed by atoms with van der Waals surface area (Å²) in [6, 6.07) is 0. The Bertz CT molecular complexity index is 346. The number of hydrogen-bond donors (Lipinski definition) is 0. The van der Waals surface area contributed by atoms with E-state index in [1.807, 2.05) is 0 Å². The molecular formula is C11H20BrO7P. The largest absolute Gasteiger partial charge is 0.467 e. The first-order chi connectivity index (χ1) is 9.29. The van der Waals surface area contributed by atoms with E-state index in [4.69, 9.17) is 9.05 Å². The van der Waals surface area contributed by atoms with Crippen molar-refractivity contribution in [3.05, 3.63) is 0 Å². The Balaban J connectivity index is 4.86. The number of ether oxygens (including phenoxy) is 2. The van der Waals surface area contributed by atoms with Crippen LogP contribution in [0.25, 0.3) is 0 Å². The highest BCUT2D eigenvalue weighted by Gasteiger charge is 2.34. The Morgan fingerprint density at radius 3 is 1.75 bits per heavy atom. The molecule has 0 fully saturated rings. The summed E-state index contributed by atoms with van der Waals surface area (Å²) >= 11 is 3.20. The highest BCUT2D eigenvalue weighted by atomic mass is 79.9. The van der Waals surface area contributed by atoms with Gasteiger partial charge in [-0.25, -0.2) is 9.59 Å². The Labute approximate surface area is 126 Å². The molecule has 0 aromatic rings. The maximum Gasteiger partial charge on any atom is 0.335 e. The lowest BCUT2D eigenvalue weighted by Crippen LogP contribution is -2.26. The minimum absolute atomic E-state index is 0.0704. The van der Waals surface area contributed by atoms with E-state index in [1.54, 1.807) is 0 Å². The Kier molecular flexibility index (Phi) is 9.29. The lowest BCUT2D eigenvalue weighted by atomic mass is 10.4. The van der Waals surface area contributed by atoms with Crippen molar-refractivity contribution in [3.63, 3.8) is 0 Å². The van der Waals surface area contributed by atoms with Crippen molar-refractivity contribution in [2.24, 2.45) is 0 Å². The first-order valence-electron chi connectivity index (χ1n) is 5.97. The summed E-state index contributed by atoms with van der Waals surface area (Å²) < 4.78 is 31.9. The topological polar surface area (TPSA) is 88.1 Å². The molecule has 20 heavy (non-hydrogen) atoms. The summed E-state index contributed by atoms with van der Waals surface area (Å²) in [5.74, 6) is -1.34. The fourth-order valence-corrected chi connectivity index (χ4v) is 3.94. The summed E-state index contributed by atoms with van der Waals surface area (Å²) in [5.41, 5.74) is 0. The number of hydrogen-bond acceptors (Lipinski definition) is 7. The third kappa shape index (κ3) is 6.83. The highest BCUT2D eigenvalue weighted by Crippen LogP contribution is 2.51. The number of esters is 2. The maximum atomic E-state index is 12.6. The van der Waals surface area contributed by atoms with E-state index in [-0.39, 0.29) is 6.16 Å². The van der Waals surface area contributed by atoms with E-state index in [2.05, 4.69) is 25.4 Å². The molecule has 0 spiro atoms. The van der Waals surface area contributed by atoms with Crippen LogP contribution in [0.1, 0.15) is 20.3 Å². The molecule has 0 aliphatic heterocycles. The average molecular weight is 375 g/mol. The van der Waals surface area contributed by atoms with Gasteiger partial charge in [-0.3, -0.25) is 13.6 Å². The first-order valence-corrected chi connectivity index (χ1v) is 8.82. The van der Waals surface area contributed by atoms with E-state index in [9.17, 15) is 14.2 Å². The molecule has 3 atom stereocenters. The average Bonchev–Trinajstić information content (AvgIpc) is 2.42. The second-order valence-electron chi connectivity index (χ2n) is 3.92. The van der Waals surface area contributed by atoms with E-state index in [0.29, 0.717) is 11.8 Å². The third-order valence-corrected chi connectivity index (χ3v) is 4.97. The molecule has 0 aromatic heterocycles. The van der Waals surface area contributed by atoms with Gasteiger partial charge in [0.25, 0.3) is 0 Å². The van der Waals surface area contributed by atoms with Crippen LogP contribution < -0.4 is 0 Å². The molecule has 9 heteroatoms. The number of methoxy groups -OCH3 is 2. The molecule has 0 N–H and O–H groups in total. The second-order valence-corrected chi connectivity index (χ2v) is 6.80. The zero-order valence-electron chi connectivity index (χ0n) is 12.0. The normalized spacial score (nSPS) is 16.9. The van der Waals surface area contributed by atoms with Gasteiger partial charge in [0.1, 0.15) is 0 Å². The second kappa shape index (κ2) is 9.50. The van der Waals surface area contributed by atoms with Crippen molar-refractivity contribution >= 4 is 35.5 Å². The fourth-order valence-electron chi connectivity index (χ4n) is 1.28. The van der Waals surface area contributed by atoms with Gasteiger partial charge in [-0.2, -0.15) is 0 Å². The van der Waals surface area contributed by atoms with Gasteiger partial charge in [0.15, 0.2) is 12.2 Å². The molecule has 0 heterocycles. The molecule has 0 bridgehead atoms. The Morgan fingerprint density at radius 2 is 1.45 bits per heavy atom. The maximum absolute atomic E-state index is 12.6. The van der Waals surface area contributed by atoms with Crippen molar-refractivity contribution < 1.29 is 32.7 Å². The first kappa shape index (κ1) is 19.6. The lowest BCUT2D eigenvalue weighted by Gasteiger charge is -2.23. The summed E-state index contributed by atoms with van der Waals surface area (Å²) in [7, 11) is -1.22. The molecule has 0 aromatic carbocycles. The quantitative estimate of drug-likeness (QED) is 0.347. The van der Waals surface area contributed by atoms with Gasteiger partial charge in [-0.1, -0.05) is 15.9 Å². The van der Waals surface area contributed by atoms with Gasteiger partial charge in [-0.15, -0.1) is 0 Å². The molecule has 0 rings (SSSR count). The van der Waals surface area contributed by atoms with Crippen LogP contribution in [-0.2, 0) is 32.7 Å². The molecule has 0 saturated heterocycles. The molecule has 0 amide bonds. The van der Waals surface area contributed by atoms with Crippen LogP contribution in [0, 0.1) is 0 Å². The minimum atomic E-state index is -3.61. The fraction of sp³-hybridized carbons (Fsp3) is 0.818. The number of carbonyl (C=O) groups is 2. The number of rotatable bonds is 9. The zero-order valence-corrected chi connectivity index (χ0v) is 14.4. The van der Waals surface area contributed by atoms with E-state index in [0.717, 1.165) is 0 Å². The van der Waals surface area contributed by atoms with Crippen molar-refractivity contribution in [2.75, 3.05) is 25.7 Å². The smallest absolute Gasteiger partial charge is 0.335 e. The number of carbonyl (C=O) groups excluding carboxylic acids is 2. The summed E-state index contributed by atoms with van der Waals surface area (Å²) in [6.45, 7) is 2.80. The SMILES string of the molecule is COC(=O)C(C)OP(=O)(CCCBr)O[C@@H](C)C(=O)OC. The third-order valence-electron chi connectivity index (χ3n) is 2.27. The van der Waals surface area contributed by atoms with Gasteiger partial charge >= 0.3 is 19.5 Å². The van der Waals surface area contributed by atoms with Crippen LogP contribution in [-0.4, -0.2) is 49.9 Å². The van der Waals surface area contributed by atoms with Crippen molar-refractivity contribution in [3.8, 4) is 0 Å². The van der Waals surface area contributed by atoms with Crippen LogP contribution in [0.15, 0.2) is 0 Å². The zero-order chi connectivity index (χ0) is 15.8. The molecule has 2 unspecified atom stereocenters. The lowest BCUT2D eigenvalue weighted by molar-refractivity contribution is -0.150. The molecular weight excluding hydrogens is 355 g/mol. The molecule has 0 aliphatic carbocycles. The van der Waals surface area contributed by atoms with Gasteiger partial charge in [-0.05, 0) is 20.3 Å². The summed E-state index contributed by atoms with van der Waals surface area (Å²) in [5, 5.41) is 0.586. The van der Waals surface area contributed by atoms with E-state index < -0.39 is 31.7 Å². The predicted octanol–water partition coefficient (Wildman–Crippen LogP) is 2.12. The molecule has 0 saturated carbocycles. The van der Waals surface area contributed by atoms with E-state index in [1.165, 1.54) is 28.1 Å². The Morgan fingerprint density at radius 1 is 1.05 bits per heavy atom. The standard InChI is InChI=1S/C11H20BrO7P/c1-8(10(13)16-3)18-20(15,7-5-6-12)19-9(2)11(14)17-4/h8-9H,5-7H2,1-4H3/t8-,9?,20?/m0/s1. The van der Waals surface area contributed by atoms with Crippen LogP contribution in [0.5, 0.6) is 0 Å². The summed E-state index contributed by atoms with van der Waals surface area (Å²) in [6.07, 6.45) is -1.53. The van der Waals surface area contributed by atoms with Crippen molar-refractivity contribution in [1.29, 1.82) is 0 Å². The monoisotopic (exact) mass is 374 g/mol. The predicted molar refractivity (Wildman–Crippen MR) is 76.0 cm³/mol. The molecule has 0 radical (unpaired) electrons. The van der Waals surface area contributed by atoms with E-state index >= 15 is 0 Å². The number of halogens is 1. The minimum Gasteiger partial charge on any atom is -0.467 e. The van der Waals surface area contributed by atoms with Gasteiger partial charge in [0.05, 0.1) is 20.4 Å². The van der Waals surface area contributed by atoms with Gasteiger partial charge in [0, 0.05) is 5.33 Å². The van der Waals surface area contributed by atoms with Crippen molar-refractivity contribution in [1.82, 2.24) is 0 Å². The van der Waals surface area contributed by atoms with Crippen LogP contribution in [0.2, 0.25) is 0 Å². The number of alkyl halides is 1. The van der Waals surface area contributed by atoms with Crippen LogP contribution >= 0.6 is 23.5 Å². The molecule has 118 valence electrons. The van der Waals surface area contributed by atoms with Crippen molar-refractivity contribution in [2.45, 2.75) is 32.5 Å².